The van der Waals surface area contributed by atoms with Crippen molar-refractivity contribution in [2.24, 2.45) is 0 Å². The summed E-state index contributed by atoms with van der Waals surface area (Å²) < 4.78 is 30.1. The quantitative estimate of drug-likeness (QED) is 0.598. The van der Waals surface area contributed by atoms with Crippen LogP contribution in [0, 0.1) is 11.6 Å². The van der Waals surface area contributed by atoms with Crippen LogP contribution < -0.4 is 10.2 Å². The van der Waals surface area contributed by atoms with Gasteiger partial charge in [0.15, 0.2) is 0 Å². The molecule has 2 aliphatic rings. The number of halogens is 2. The minimum atomic E-state index is -1.45. The van der Waals surface area contributed by atoms with Gasteiger partial charge in [-0.15, -0.1) is 11.3 Å². The van der Waals surface area contributed by atoms with E-state index in [4.69, 9.17) is 0 Å². The molecular formula is C24H24F2N4O2S. The van der Waals surface area contributed by atoms with E-state index in [0.717, 1.165) is 54.0 Å². The summed E-state index contributed by atoms with van der Waals surface area (Å²) in [4.78, 5) is 29.3. The fraction of sp³-hybridized carbons (Fsp3) is 0.375. The highest BCUT2D eigenvalue weighted by atomic mass is 32.1. The Kier molecular flexibility index (Phi) is 5.52. The summed E-state index contributed by atoms with van der Waals surface area (Å²) in [5.74, 6) is -2.57. The van der Waals surface area contributed by atoms with Gasteiger partial charge in [0.25, 0.3) is 5.91 Å². The van der Waals surface area contributed by atoms with Gasteiger partial charge in [-0.3, -0.25) is 19.2 Å². The van der Waals surface area contributed by atoms with E-state index in [2.05, 4.69) is 10.4 Å². The number of hydrogen-bond donors (Lipinski definition) is 1. The van der Waals surface area contributed by atoms with Crippen molar-refractivity contribution in [3.05, 3.63) is 59.1 Å². The molecule has 0 spiro atoms. The third-order valence-electron chi connectivity index (χ3n) is 6.51. The Morgan fingerprint density at radius 2 is 1.97 bits per heavy atom. The summed E-state index contributed by atoms with van der Waals surface area (Å²) in [6.45, 7) is 1.66. The monoisotopic (exact) mass is 470 g/mol. The van der Waals surface area contributed by atoms with Crippen molar-refractivity contribution < 1.29 is 18.4 Å². The third-order valence-corrected chi connectivity index (χ3v) is 7.40. The lowest BCUT2D eigenvalue weighted by Gasteiger charge is -2.44. The number of aromatic nitrogens is 2. The zero-order chi connectivity index (χ0) is 23.2. The molecule has 2 aromatic heterocycles. The van der Waals surface area contributed by atoms with E-state index < -0.39 is 23.1 Å². The van der Waals surface area contributed by atoms with E-state index in [1.807, 2.05) is 17.5 Å². The molecule has 1 aliphatic carbocycles. The van der Waals surface area contributed by atoms with Gasteiger partial charge in [-0.25, -0.2) is 8.78 Å². The minimum absolute atomic E-state index is 0.0128. The number of amides is 2. The molecule has 1 atom stereocenters. The molecule has 1 fully saturated rings. The number of carbonyl (C=O) groups is 2. The molecule has 1 saturated carbocycles. The van der Waals surface area contributed by atoms with Crippen LogP contribution in [-0.4, -0.2) is 33.2 Å². The molecule has 1 N–H and O–H groups in total. The summed E-state index contributed by atoms with van der Waals surface area (Å²) in [5, 5.41) is 9.57. The van der Waals surface area contributed by atoms with Gasteiger partial charge in [0.1, 0.15) is 28.6 Å². The van der Waals surface area contributed by atoms with Crippen LogP contribution in [0.5, 0.6) is 0 Å². The van der Waals surface area contributed by atoms with Crippen LogP contribution in [0.2, 0.25) is 0 Å². The predicted octanol–water partition coefficient (Wildman–Crippen LogP) is 4.76. The van der Waals surface area contributed by atoms with Crippen molar-refractivity contribution in [3.63, 3.8) is 0 Å². The van der Waals surface area contributed by atoms with Gasteiger partial charge in [-0.1, -0.05) is 25.3 Å². The molecule has 3 aromatic rings. The fourth-order valence-electron chi connectivity index (χ4n) is 4.75. The lowest BCUT2D eigenvalue weighted by atomic mass is 9.91. The Bertz CT molecular complexity index is 1200. The molecular weight excluding hydrogens is 446 g/mol. The molecule has 172 valence electrons. The number of nitrogens with one attached hydrogen (secondary N) is 1. The van der Waals surface area contributed by atoms with E-state index in [0.29, 0.717) is 5.69 Å². The highest BCUT2D eigenvalue weighted by Gasteiger charge is 2.50. The van der Waals surface area contributed by atoms with E-state index in [-0.39, 0.29) is 29.9 Å². The topological polar surface area (TPSA) is 67.2 Å². The van der Waals surface area contributed by atoms with Gasteiger partial charge in [0, 0.05) is 12.1 Å². The first-order valence-corrected chi connectivity index (χ1v) is 12.0. The molecule has 33 heavy (non-hydrogen) atoms. The predicted molar refractivity (Wildman–Crippen MR) is 122 cm³/mol. The second kappa shape index (κ2) is 8.37. The van der Waals surface area contributed by atoms with Gasteiger partial charge >= 0.3 is 0 Å². The Morgan fingerprint density at radius 1 is 1.18 bits per heavy atom. The number of carbonyl (C=O) groups excluding carboxylic acids is 2. The molecule has 5 rings (SSSR count). The Morgan fingerprint density at radius 3 is 2.67 bits per heavy atom. The molecule has 1 aliphatic heterocycles. The number of fused-ring (bicyclic) bond motifs is 1. The number of rotatable bonds is 4. The second-order valence-corrected chi connectivity index (χ2v) is 9.82. The van der Waals surface area contributed by atoms with Gasteiger partial charge in [0.05, 0.1) is 17.1 Å². The van der Waals surface area contributed by atoms with E-state index >= 15 is 0 Å². The molecule has 3 heterocycles. The summed E-state index contributed by atoms with van der Waals surface area (Å²) in [6.07, 6.45) is 4.94. The molecule has 2 amide bonds. The lowest BCUT2D eigenvalue weighted by molar-refractivity contribution is -0.127. The number of nitrogens with zero attached hydrogens (tertiary/aromatic N) is 3. The van der Waals surface area contributed by atoms with E-state index in [1.54, 1.807) is 13.0 Å². The maximum Gasteiger partial charge on any atom is 0.277 e. The lowest BCUT2D eigenvalue weighted by Crippen LogP contribution is -2.65. The van der Waals surface area contributed by atoms with E-state index in [9.17, 15) is 18.4 Å². The van der Waals surface area contributed by atoms with Crippen molar-refractivity contribution in [2.75, 3.05) is 4.90 Å². The first-order valence-electron chi connectivity index (χ1n) is 11.1. The number of anilines is 1. The largest absolute Gasteiger partial charge is 0.351 e. The normalized spacial score (nSPS) is 21.2. The smallest absolute Gasteiger partial charge is 0.277 e. The number of benzene rings is 1. The molecule has 0 radical (unpaired) electrons. The van der Waals surface area contributed by atoms with Crippen LogP contribution >= 0.6 is 11.3 Å². The zero-order valence-corrected chi connectivity index (χ0v) is 19.0. The van der Waals surface area contributed by atoms with Crippen LogP contribution in [0.4, 0.5) is 14.5 Å². The first kappa shape index (κ1) is 21.8. The van der Waals surface area contributed by atoms with Crippen LogP contribution in [0.15, 0.2) is 41.8 Å². The Balaban J connectivity index is 1.58. The van der Waals surface area contributed by atoms with Gasteiger partial charge in [-0.2, -0.15) is 5.10 Å². The zero-order valence-electron chi connectivity index (χ0n) is 18.2. The van der Waals surface area contributed by atoms with Crippen molar-refractivity contribution in [1.82, 2.24) is 15.1 Å². The van der Waals surface area contributed by atoms with Crippen molar-refractivity contribution in [3.8, 4) is 10.6 Å². The molecule has 6 nitrogen and oxygen atoms in total. The molecule has 0 saturated heterocycles. The number of thiophene rings is 1. The maximum atomic E-state index is 14.9. The summed E-state index contributed by atoms with van der Waals surface area (Å²) in [6, 6.07) is 8.48. The second-order valence-electron chi connectivity index (χ2n) is 8.87. The average molecular weight is 471 g/mol. The standard InChI is InChI=1S/C24H24F2N4O2S/c1-24(23(32)27-16-6-3-2-4-7-16)14-29-20(13-18(28-29)21-8-5-11-33-21)22(31)30(24)19-10-9-15(25)12-17(19)26/h5,8-13,16H,2-4,6-7,14H2,1H3,(H,27,32)/t24-/m0/s1. The van der Waals surface area contributed by atoms with Gasteiger partial charge in [0.2, 0.25) is 5.91 Å². The van der Waals surface area contributed by atoms with Gasteiger partial charge in [-0.05, 0) is 49.4 Å². The molecule has 0 unspecified atom stereocenters. The van der Waals surface area contributed by atoms with E-state index in [1.165, 1.54) is 22.1 Å². The third kappa shape index (κ3) is 3.84. The summed E-state index contributed by atoms with van der Waals surface area (Å²) >= 11 is 1.49. The van der Waals surface area contributed by atoms with Gasteiger partial charge < -0.3 is 5.32 Å². The van der Waals surface area contributed by atoms with Crippen molar-refractivity contribution in [1.29, 1.82) is 0 Å². The first-order chi connectivity index (χ1) is 15.9. The summed E-state index contributed by atoms with van der Waals surface area (Å²) in [7, 11) is 0. The molecule has 1 aromatic carbocycles. The highest BCUT2D eigenvalue weighted by molar-refractivity contribution is 7.13. The Hall–Kier alpha value is -3.07. The maximum absolute atomic E-state index is 14.9. The highest BCUT2D eigenvalue weighted by Crippen LogP contribution is 2.36. The minimum Gasteiger partial charge on any atom is -0.351 e. The van der Waals surface area contributed by atoms with Crippen molar-refractivity contribution in [2.45, 2.75) is 57.2 Å². The van der Waals surface area contributed by atoms with Crippen LogP contribution in [0.25, 0.3) is 10.6 Å². The molecule has 9 heteroatoms. The van der Waals surface area contributed by atoms with Crippen molar-refractivity contribution >= 4 is 28.8 Å². The average Bonchev–Trinajstić information content (AvgIpc) is 3.46. The van der Waals surface area contributed by atoms with Crippen LogP contribution in [-0.2, 0) is 11.3 Å². The summed E-state index contributed by atoms with van der Waals surface area (Å²) in [5.41, 5.74) is -0.707. The molecule has 0 bridgehead atoms. The fourth-order valence-corrected chi connectivity index (χ4v) is 5.44. The van der Waals surface area contributed by atoms with Crippen LogP contribution in [0.1, 0.15) is 49.5 Å². The van der Waals surface area contributed by atoms with Crippen LogP contribution in [0.3, 0.4) is 0 Å². The Labute approximate surface area is 194 Å². The number of hydrogen-bond acceptors (Lipinski definition) is 4. The SMILES string of the molecule is C[C@@]1(C(=O)NC2CCCCC2)Cn2nc(-c3cccs3)cc2C(=O)N1c1ccc(F)cc1F.